The lowest BCUT2D eigenvalue weighted by Gasteiger charge is -2.35. The number of rotatable bonds is 6. The minimum absolute atomic E-state index is 0.184. The van der Waals surface area contributed by atoms with Crippen molar-refractivity contribution in [3.05, 3.63) is 65.7 Å². The Hall–Kier alpha value is -3.66. The first-order chi connectivity index (χ1) is 14.7. The maximum Gasteiger partial charge on any atom is 0.236 e. The van der Waals surface area contributed by atoms with Gasteiger partial charge in [0.1, 0.15) is 17.6 Å². The normalized spacial score (nSPS) is 13.8. The van der Waals surface area contributed by atoms with Gasteiger partial charge in [-0.05, 0) is 48.9 Å². The molecule has 1 fully saturated rings. The van der Waals surface area contributed by atoms with Crippen LogP contribution >= 0.6 is 0 Å². The van der Waals surface area contributed by atoms with E-state index in [0.29, 0.717) is 17.5 Å². The van der Waals surface area contributed by atoms with Crippen LogP contribution in [0.3, 0.4) is 0 Å². The van der Waals surface area contributed by atoms with Crippen molar-refractivity contribution in [3.8, 4) is 17.6 Å². The molecular weight excluding hydrogens is 380 g/mol. The van der Waals surface area contributed by atoms with Crippen LogP contribution in [0.25, 0.3) is 0 Å². The second-order valence-corrected chi connectivity index (χ2v) is 7.15. The predicted molar refractivity (Wildman–Crippen MR) is 114 cm³/mol. The third-order valence-corrected chi connectivity index (χ3v) is 5.12. The minimum atomic E-state index is 0.184. The summed E-state index contributed by atoms with van der Waals surface area (Å²) in [6, 6.07) is 18.0. The second-order valence-electron chi connectivity index (χ2n) is 7.15. The Labute approximate surface area is 176 Å². The van der Waals surface area contributed by atoms with Crippen molar-refractivity contribution in [3.63, 3.8) is 0 Å². The number of nitrogens with zero attached hydrogens (tertiary/aromatic N) is 4. The smallest absolute Gasteiger partial charge is 0.236 e. The van der Waals surface area contributed by atoms with E-state index in [4.69, 9.17) is 13.9 Å². The van der Waals surface area contributed by atoms with Crippen LogP contribution in [0, 0.1) is 18.3 Å². The van der Waals surface area contributed by atoms with Gasteiger partial charge in [0, 0.05) is 31.9 Å². The number of aromatic nitrogens is 1. The average molecular weight is 404 g/mol. The number of hydrogen-bond acceptors (Lipinski definition) is 7. The van der Waals surface area contributed by atoms with Gasteiger partial charge in [-0.1, -0.05) is 12.1 Å². The molecule has 2 heterocycles. The second kappa shape index (κ2) is 8.78. The van der Waals surface area contributed by atoms with Crippen molar-refractivity contribution in [2.45, 2.75) is 13.5 Å². The molecular formula is C23H24N4O3. The fourth-order valence-electron chi connectivity index (χ4n) is 3.52. The number of oxazole rings is 1. The zero-order chi connectivity index (χ0) is 20.9. The van der Waals surface area contributed by atoms with Crippen LogP contribution in [-0.2, 0) is 6.61 Å². The molecule has 0 atom stereocenters. The van der Waals surface area contributed by atoms with Gasteiger partial charge in [0.05, 0.1) is 7.11 Å². The number of nitriles is 1. The lowest BCUT2D eigenvalue weighted by Crippen LogP contribution is -2.46. The van der Waals surface area contributed by atoms with Gasteiger partial charge < -0.3 is 23.7 Å². The van der Waals surface area contributed by atoms with Crippen LogP contribution in [0.5, 0.6) is 11.5 Å². The van der Waals surface area contributed by atoms with Crippen LogP contribution in [0.1, 0.15) is 17.1 Å². The number of hydrogen-bond donors (Lipinski definition) is 0. The topological polar surface area (TPSA) is 74.8 Å². The van der Waals surface area contributed by atoms with Crippen molar-refractivity contribution >= 4 is 11.6 Å². The Morgan fingerprint density at radius 1 is 1.03 bits per heavy atom. The molecule has 1 aliphatic heterocycles. The highest BCUT2D eigenvalue weighted by Gasteiger charge is 2.24. The maximum absolute atomic E-state index is 9.50. The van der Waals surface area contributed by atoms with E-state index in [9.17, 15) is 5.26 Å². The number of piperazine rings is 1. The van der Waals surface area contributed by atoms with Gasteiger partial charge in [-0.25, -0.2) is 0 Å². The van der Waals surface area contributed by atoms with Gasteiger partial charge in [0.2, 0.25) is 17.5 Å². The third-order valence-electron chi connectivity index (χ3n) is 5.12. The van der Waals surface area contributed by atoms with Crippen LogP contribution < -0.4 is 19.3 Å². The van der Waals surface area contributed by atoms with Crippen molar-refractivity contribution < 1.29 is 13.9 Å². The molecule has 154 valence electrons. The van der Waals surface area contributed by atoms with E-state index in [2.05, 4.69) is 33.0 Å². The number of anilines is 2. The molecule has 0 unspecified atom stereocenters. The Balaban J connectivity index is 1.40. The fraction of sp³-hybridized carbons (Fsp3) is 0.304. The summed E-state index contributed by atoms with van der Waals surface area (Å²) < 4.78 is 16.9. The van der Waals surface area contributed by atoms with E-state index in [1.54, 1.807) is 7.11 Å². The molecule has 7 heteroatoms. The first-order valence-corrected chi connectivity index (χ1v) is 9.89. The van der Waals surface area contributed by atoms with Gasteiger partial charge in [-0.3, -0.25) is 0 Å². The molecule has 1 saturated heterocycles. The zero-order valence-corrected chi connectivity index (χ0v) is 17.2. The molecule has 4 rings (SSSR count). The van der Waals surface area contributed by atoms with E-state index in [1.165, 1.54) is 0 Å². The Kier molecular flexibility index (Phi) is 5.75. The van der Waals surface area contributed by atoms with E-state index < -0.39 is 0 Å². The van der Waals surface area contributed by atoms with Crippen molar-refractivity contribution in [2.75, 3.05) is 43.1 Å². The molecule has 0 amide bonds. The Morgan fingerprint density at radius 3 is 2.43 bits per heavy atom. The highest BCUT2D eigenvalue weighted by molar-refractivity contribution is 5.53. The standard InChI is InChI=1S/C23H24N4O3/c1-17-4-3-5-20(14-17)29-16-22-25-21(15-24)23(30-22)27-12-10-26(11-13-27)18-6-8-19(28-2)9-7-18/h3-9,14H,10-13,16H2,1-2H3. The molecule has 1 aliphatic rings. The minimum Gasteiger partial charge on any atom is -0.497 e. The number of methoxy groups -OCH3 is 1. The number of aryl methyl sites for hydroxylation is 1. The average Bonchev–Trinajstić information content (AvgIpc) is 3.21. The maximum atomic E-state index is 9.50. The molecule has 0 bridgehead atoms. The summed E-state index contributed by atoms with van der Waals surface area (Å²) in [5.74, 6) is 2.52. The Morgan fingerprint density at radius 2 is 1.77 bits per heavy atom. The van der Waals surface area contributed by atoms with Crippen LogP contribution in [0.15, 0.2) is 52.9 Å². The molecule has 7 nitrogen and oxygen atoms in total. The molecule has 0 saturated carbocycles. The quantitative estimate of drug-likeness (QED) is 0.619. The molecule has 0 N–H and O–H groups in total. The number of benzene rings is 2. The summed E-state index contributed by atoms with van der Waals surface area (Å²) in [6.45, 7) is 5.33. The highest BCUT2D eigenvalue weighted by atomic mass is 16.5. The molecule has 0 aliphatic carbocycles. The first-order valence-electron chi connectivity index (χ1n) is 9.89. The van der Waals surface area contributed by atoms with E-state index in [0.717, 1.165) is 48.9 Å². The van der Waals surface area contributed by atoms with Crippen LogP contribution in [0.4, 0.5) is 11.6 Å². The summed E-state index contributed by atoms with van der Waals surface area (Å²) in [5, 5.41) is 9.50. The zero-order valence-electron chi connectivity index (χ0n) is 17.2. The van der Waals surface area contributed by atoms with Crippen molar-refractivity contribution in [2.24, 2.45) is 0 Å². The molecule has 0 spiro atoms. The third kappa shape index (κ3) is 4.33. The summed E-state index contributed by atoms with van der Waals surface area (Å²) in [6.07, 6.45) is 0. The molecule has 3 aromatic rings. The van der Waals surface area contributed by atoms with E-state index in [-0.39, 0.29) is 6.61 Å². The summed E-state index contributed by atoms with van der Waals surface area (Å²) in [5.41, 5.74) is 2.57. The molecule has 1 aromatic heterocycles. The van der Waals surface area contributed by atoms with Crippen LogP contribution in [-0.4, -0.2) is 38.3 Å². The van der Waals surface area contributed by atoms with E-state index in [1.807, 2.05) is 43.3 Å². The predicted octanol–water partition coefficient (Wildman–Crippen LogP) is 3.77. The molecule has 30 heavy (non-hydrogen) atoms. The van der Waals surface area contributed by atoms with Crippen molar-refractivity contribution in [1.29, 1.82) is 5.26 Å². The molecule has 0 radical (unpaired) electrons. The Bertz CT molecular complexity index is 1030. The molecule has 2 aromatic carbocycles. The first kappa shape index (κ1) is 19.6. The SMILES string of the molecule is COc1ccc(N2CCN(c3oc(COc4cccc(C)c4)nc3C#N)CC2)cc1. The lowest BCUT2D eigenvalue weighted by molar-refractivity contribution is 0.263. The monoisotopic (exact) mass is 404 g/mol. The van der Waals surface area contributed by atoms with Crippen LogP contribution in [0.2, 0.25) is 0 Å². The van der Waals surface area contributed by atoms with Gasteiger partial charge in [0.25, 0.3) is 0 Å². The number of ether oxygens (including phenoxy) is 2. The highest BCUT2D eigenvalue weighted by Crippen LogP contribution is 2.26. The summed E-state index contributed by atoms with van der Waals surface area (Å²) >= 11 is 0. The fourth-order valence-corrected chi connectivity index (χ4v) is 3.52. The lowest BCUT2D eigenvalue weighted by atomic mass is 10.2. The van der Waals surface area contributed by atoms with Crippen molar-refractivity contribution in [1.82, 2.24) is 4.98 Å². The van der Waals surface area contributed by atoms with Gasteiger partial charge in [0.15, 0.2) is 6.61 Å². The summed E-state index contributed by atoms with van der Waals surface area (Å²) in [4.78, 5) is 8.69. The summed E-state index contributed by atoms with van der Waals surface area (Å²) in [7, 11) is 1.66. The van der Waals surface area contributed by atoms with Gasteiger partial charge >= 0.3 is 0 Å². The largest absolute Gasteiger partial charge is 0.497 e. The van der Waals surface area contributed by atoms with E-state index >= 15 is 0 Å². The van der Waals surface area contributed by atoms with Gasteiger partial charge in [-0.15, -0.1) is 0 Å². The van der Waals surface area contributed by atoms with Gasteiger partial charge in [-0.2, -0.15) is 10.2 Å².